The van der Waals surface area contributed by atoms with Gasteiger partial charge in [-0.1, -0.05) is 89.1 Å². The smallest absolute Gasteiger partial charge is 0.255 e. The van der Waals surface area contributed by atoms with Crippen LogP contribution >= 0.6 is 31.9 Å². The lowest BCUT2D eigenvalue weighted by Crippen LogP contribution is -2.22. The van der Waals surface area contributed by atoms with E-state index in [0.717, 1.165) is 68.3 Å². The van der Waals surface area contributed by atoms with Crippen LogP contribution < -0.4 is 10.6 Å². The fourth-order valence-corrected chi connectivity index (χ4v) is 6.18. The second-order valence-corrected chi connectivity index (χ2v) is 12.5. The van der Waals surface area contributed by atoms with Gasteiger partial charge in [-0.25, -0.2) is 0 Å². The van der Waals surface area contributed by atoms with Crippen molar-refractivity contribution in [3.63, 3.8) is 0 Å². The van der Waals surface area contributed by atoms with Crippen molar-refractivity contribution in [2.75, 3.05) is 10.6 Å². The summed E-state index contributed by atoms with van der Waals surface area (Å²) < 4.78 is 1.71. The zero-order chi connectivity index (χ0) is 29.6. The molecular formula is C35H36Br2N2O2. The van der Waals surface area contributed by atoms with E-state index < -0.39 is 0 Å². The monoisotopic (exact) mass is 674 g/mol. The van der Waals surface area contributed by atoms with Gasteiger partial charge in [0.2, 0.25) is 0 Å². The van der Waals surface area contributed by atoms with E-state index in [1.165, 1.54) is 0 Å². The van der Waals surface area contributed by atoms with Crippen LogP contribution in [0.5, 0.6) is 0 Å². The summed E-state index contributed by atoms with van der Waals surface area (Å²) in [7, 11) is 0. The number of carbonyl (C=O) groups is 2. The van der Waals surface area contributed by atoms with Gasteiger partial charge in [-0.05, 0) is 103 Å². The number of nitrogens with one attached hydrogen (secondary N) is 2. The summed E-state index contributed by atoms with van der Waals surface area (Å²) in [6.07, 6.45) is 3.57. The third-order valence-electron chi connectivity index (χ3n) is 7.37. The molecule has 0 aromatic heterocycles. The van der Waals surface area contributed by atoms with Crippen LogP contribution in [0.2, 0.25) is 0 Å². The van der Waals surface area contributed by atoms with Gasteiger partial charge in [-0.2, -0.15) is 0 Å². The molecule has 2 N–H and O–H groups in total. The molecule has 0 unspecified atom stereocenters. The van der Waals surface area contributed by atoms with Crippen LogP contribution in [0, 0.1) is 0 Å². The molecule has 0 spiro atoms. The van der Waals surface area contributed by atoms with Crippen molar-refractivity contribution in [2.45, 2.75) is 58.8 Å². The molecular weight excluding hydrogens is 640 g/mol. The molecule has 4 nitrogen and oxygen atoms in total. The van der Waals surface area contributed by atoms with Crippen molar-refractivity contribution >= 4 is 55.0 Å². The average molecular weight is 676 g/mol. The van der Waals surface area contributed by atoms with Gasteiger partial charge in [-0.3, -0.25) is 9.59 Å². The Balaban J connectivity index is 1.71. The summed E-state index contributed by atoms with van der Waals surface area (Å²) in [4.78, 5) is 26.0. The number of carbonyl (C=O) groups excluding carboxylic acids is 2. The van der Waals surface area contributed by atoms with Gasteiger partial charge in [0.05, 0.1) is 11.4 Å². The maximum absolute atomic E-state index is 13.0. The van der Waals surface area contributed by atoms with E-state index in [1.807, 2.05) is 60.7 Å². The normalized spacial score (nSPS) is 11.3. The summed E-state index contributed by atoms with van der Waals surface area (Å²) in [6.45, 7) is 8.72. The van der Waals surface area contributed by atoms with Crippen molar-refractivity contribution in [2.24, 2.45) is 0 Å². The van der Waals surface area contributed by atoms with Crippen molar-refractivity contribution in [1.29, 1.82) is 0 Å². The van der Waals surface area contributed by atoms with Crippen molar-refractivity contribution in [1.82, 2.24) is 0 Å². The highest BCUT2D eigenvalue weighted by Gasteiger charge is 2.28. The molecule has 0 aliphatic carbocycles. The molecule has 0 saturated carbocycles. The molecule has 0 aliphatic rings. The van der Waals surface area contributed by atoms with E-state index in [0.29, 0.717) is 11.1 Å². The van der Waals surface area contributed by atoms with E-state index in [1.54, 1.807) is 0 Å². The number of hydrogen-bond acceptors (Lipinski definition) is 2. The van der Waals surface area contributed by atoms with Crippen LogP contribution in [-0.4, -0.2) is 11.8 Å². The Morgan fingerprint density at radius 3 is 1.34 bits per heavy atom. The first-order valence-corrected chi connectivity index (χ1v) is 15.6. The van der Waals surface area contributed by atoms with Crippen LogP contribution in [0.1, 0.15) is 83.5 Å². The van der Waals surface area contributed by atoms with Crippen LogP contribution in [0.15, 0.2) is 93.9 Å². The first-order chi connectivity index (χ1) is 19.6. The zero-order valence-corrected chi connectivity index (χ0v) is 27.2. The van der Waals surface area contributed by atoms with E-state index in [9.17, 15) is 9.59 Å². The van der Waals surface area contributed by atoms with Crippen LogP contribution in [0.4, 0.5) is 11.4 Å². The molecule has 212 valence electrons. The Hall–Kier alpha value is -3.22. The van der Waals surface area contributed by atoms with Gasteiger partial charge < -0.3 is 10.6 Å². The molecule has 0 heterocycles. The number of halogens is 2. The van der Waals surface area contributed by atoms with Gasteiger partial charge in [0, 0.05) is 25.5 Å². The number of aryl methyl sites for hydroxylation is 2. The third-order valence-corrected chi connectivity index (χ3v) is 8.63. The van der Waals surface area contributed by atoms with Gasteiger partial charge in [-0.15, -0.1) is 0 Å². The van der Waals surface area contributed by atoms with E-state index in [-0.39, 0.29) is 17.2 Å². The number of rotatable bonds is 10. The highest BCUT2D eigenvalue weighted by atomic mass is 79.9. The summed E-state index contributed by atoms with van der Waals surface area (Å²) >= 11 is 7.55. The summed E-state index contributed by atoms with van der Waals surface area (Å²) in [5, 5.41) is 6.28. The lowest BCUT2D eigenvalue weighted by Gasteiger charge is -2.30. The van der Waals surface area contributed by atoms with Gasteiger partial charge in [0.25, 0.3) is 11.8 Å². The van der Waals surface area contributed by atoms with Gasteiger partial charge >= 0.3 is 0 Å². The molecule has 0 aliphatic heterocycles. The zero-order valence-electron chi connectivity index (χ0n) is 24.0. The number of amides is 2. The molecule has 0 bridgehead atoms. The van der Waals surface area contributed by atoms with Gasteiger partial charge in [0.15, 0.2) is 0 Å². The van der Waals surface area contributed by atoms with Crippen molar-refractivity contribution in [3.8, 4) is 0 Å². The molecule has 0 radical (unpaired) electrons. The lowest BCUT2D eigenvalue weighted by atomic mass is 9.76. The third kappa shape index (κ3) is 7.17. The first kappa shape index (κ1) is 30.7. The number of hydrogen-bond donors (Lipinski definition) is 2. The second kappa shape index (κ2) is 13.6. The number of benzene rings is 4. The molecule has 0 saturated heterocycles. The van der Waals surface area contributed by atoms with Crippen LogP contribution in [-0.2, 0) is 18.3 Å². The average Bonchev–Trinajstić information content (AvgIpc) is 2.97. The fraction of sp³-hybridized carbons (Fsp3) is 0.257. The summed E-state index contributed by atoms with van der Waals surface area (Å²) in [5.74, 6) is -0.256. The van der Waals surface area contributed by atoms with E-state index in [2.05, 4.69) is 94.5 Å². The Bertz CT molecular complexity index is 1420. The molecule has 4 aromatic carbocycles. The molecule has 0 atom stereocenters. The van der Waals surface area contributed by atoms with Crippen LogP contribution in [0.25, 0.3) is 0 Å². The van der Waals surface area contributed by atoms with E-state index >= 15 is 0 Å². The summed E-state index contributed by atoms with van der Waals surface area (Å²) in [6, 6.07) is 27.2. The van der Waals surface area contributed by atoms with Crippen LogP contribution in [0.3, 0.4) is 0 Å². The van der Waals surface area contributed by atoms with Gasteiger partial charge in [0.1, 0.15) is 0 Å². The maximum atomic E-state index is 13.0. The quantitative estimate of drug-likeness (QED) is 0.176. The topological polar surface area (TPSA) is 58.2 Å². The molecule has 2 amide bonds. The Kier molecular flexibility index (Phi) is 10.2. The molecule has 41 heavy (non-hydrogen) atoms. The highest BCUT2D eigenvalue weighted by Crippen LogP contribution is 2.41. The molecule has 4 aromatic rings. The Morgan fingerprint density at radius 2 is 1.00 bits per heavy atom. The Morgan fingerprint density at radius 1 is 0.634 bits per heavy atom. The minimum Gasteiger partial charge on any atom is -0.321 e. The van der Waals surface area contributed by atoms with Crippen molar-refractivity contribution < 1.29 is 9.59 Å². The maximum Gasteiger partial charge on any atom is 0.255 e. The van der Waals surface area contributed by atoms with E-state index in [4.69, 9.17) is 0 Å². The SMILES string of the molecule is CCCc1cc(C(C)(C)c2cc(Br)c(NC(=O)c3ccccc3)c(CCC)c2)cc(Br)c1NC(=O)c1ccccc1. The predicted octanol–water partition coefficient (Wildman–Crippen LogP) is 9.95. The largest absolute Gasteiger partial charge is 0.321 e. The minimum atomic E-state index is -0.347. The second-order valence-electron chi connectivity index (χ2n) is 10.7. The number of anilines is 2. The predicted molar refractivity (Wildman–Crippen MR) is 177 cm³/mol. The summed E-state index contributed by atoms with van der Waals surface area (Å²) in [5.41, 5.74) is 6.99. The first-order valence-electron chi connectivity index (χ1n) is 14.0. The minimum absolute atomic E-state index is 0.128. The highest BCUT2D eigenvalue weighted by molar-refractivity contribution is 9.11. The standard InChI is InChI=1S/C35H36Br2N2O2/c1-5-13-25-19-27(21-29(36)31(25)38-33(40)23-15-9-7-10-16-23)35(3,4)28-20-26(14-6-2)32(30(37)22-28)39-34(41)24-17-11-8-12-18-24/h7-12,15-22H,5-6,13-14H2,1-4H3,(H,38,40)(H,39,41). The molecule has 4 rings (SSSR count). The fourth-order valence-electron chi connectivity index (χ4n) is 4.98. The molecule has 6 heteroatoms. The Labute approximate surface area is 260 Å². The van der Waals surface area contributed by atoms with Crippen molar-refractivity contribution in [3.05, 3.63) is 127 Å². The lowest BCUT2D eigenvalue weighted by molar-refractivity contribution is 0.101. The molecule has 0 fully saturated rings.